The number of rotatable bonds is 4. The molecular formula is C14H25N5O. The number of aromatic nitrogens is 3. The number of H-pyrrole nitrogens is 1. The van der Waals surface area contributed by atoms with Gasteiger partial charge in [0, 0.05) is 29.3 Å². The zero-order valence-electron chi connectivity index (χ0n) is 12.9. The Morgan fingerprint density at radius 1 is 1.35 bits per heavy atom. The third-order valence-corrected chi connectivity index (χ3v) is 4.59. The number of nitrogens with one attached hydrogen (secondary N) is 2. The molecule has 0 saturated heterocycles. The fourth-order valence-electron chi connectivity index (χ4n) is 3.49. The summed E-state index contributed by atoms with van der Waals surface area (Å²) in [5, 5.41) is 9.82. The number of nitrogens with zero attached hydrogens (tertiary/aromatic N) is 2. The van der Waals surface area contributed by atoms with Gasteiger partial charge < -0.3 is 11.1 Å². The number of nitrogens with two attached hydrogens (primary N) is 1. The molecule has 1 aliphatic rings. The van der Waals surface area contributed by atoms with E-state index in [9.17, 15) is 4.79 Å². The van der Waals surface area contributed by atoms with E-state index in [4.69, 9.17) is 5.73 Å². The SMILES string of the molecule is CCCc1nc(C(=O)NC2C(C)(C)C(N)C2(C)C)n[nH]1. The van der Waals surface area contributed by atoms with Crippen LogP contribution in [0.25, 0.3) is 0 Å². The molecule has 6 nitrogen and oxygen atoms in total. The van der Waals surface area contributed by atoms with Gasteiger partial charge in [0.1, 0.15) is 5.82 Å². The molecule has 6 heteroatoms. The highest BCUT2D eigenvalue weighted by molar-refractivity contribution is 5.90. The Balaban J connectivity index is 2.08. The van der Waals surface area contributed by atoms with Crippen LogP contribution in [0.15, 0.2) is 0 Å². The summed E-state index contributed by atoms with van der Waals surface area (Å²) in [6.07, 6.45) is 1.76. The molecule has 0 bridgehead atoms. The highest BCUT2D eigenvalue weighted by Crippen LogP contribution is 2.52. The molecule has 1 saturated carbocycles. The van der Waals surface area contributed by atoms with Gasteiger partial charge in [-0.15, -0.1) is 5.10 Å². The monoisotopic (exact) mass is 279 g/mol. The summed E-state index contributed by atoms with van der Waals surface area (Å²) >= 11 is 0. The molecular weight excluding hydrogens is 254 g/mol. The molecule has 4 N–H and O–H groups in total. The average Bonchev–Trinajstić information content (AvgIpc) is 2.83. The summed E-state index contributed by atoms with van der Waals surface area (Å²) in [6.45, 7) is 10.4. The molecule has 1 aliphatic carbocycles. The van der Waals surface area contributed by atoms with Crippen LogP contribution in [-0.4, -0.2) is 33.2 Å². The van der Waals surface area contributed by atoms with Crippen molar-refractivity contribution in [2.24, 2.45) is 16.6 Å². The fourth-order valence-corrected chi connectivity index (χ4v) is 3.49. The van der Waals surface area contributed by atoms with Crippen LogP contribution in [0, 0.1) is 10.8 Å². The van der Waals surface area contributed by atoms with Crippen LogP contribution >= 0.6 is 0 Å². The standard InChI is InChI=1S/C14H25N5O/c1-6-7-8-16-9(19-18-8)10(20)17-12-13(2,3)11(15)14(12,4)5/h11-12H,6-7,15H2,1-5H3,(H,17,20)(H,16,18,19). The van der Waals surface area contributed by atoms with E-state index in [0.717, 1.165) is 18.7 Å². The number of hydrogen-bond donors (Lipinski definition) is 3. The molecule has 1 amide bonds. The van der Waals surface area contributed by atoms with Gasteiger partial charge in [0.2, 0.25) is 5.82 Å². The van der Waals surface area contributed by atoms with Crippen molar-refractivity contribution in [3.05, 3.63) is 11.6 Å². The Kier molecular flexibility index (Phi) is 3.62. The van der Waals surface area contributed by atoms with Gasteiger partial charge in [-0.05, 0) is 6.42 Å². The molecule has 112 valence electrons. The van der Waals surface area contributed by atoms with Crippen molar-refractivity contribution in [3.8, 4) is 0 Å². The van der Waals surface area contributed by atoms with Gasteiger partial charge in [0.15, 0.2) is 0 Å². The van der Waals surface area contributed by atoms with E-state index in [1.807, 2.05) is 0 Å². The minimum atomic E-state index is -0.235. The Bertz CT molecular complexity index is 489. The largest absolute Gasteiger partial charge is 0.345 e. The van der Waals surface area contributed by atoms with Crippen LogP contribution in [-0.2, 0) is 6.42 Å². The van der Waals surface area contributed by atoms with E-state index in [2.05, 4.69) is 55.1 Å². The van der Waals surface area contributed by atoms with Gasteiger partial charge >= 0.3 is 0 Å². The molecule has 0 unspecified atom stereocenters. The first kappa shape index (κ1) is 15.0. The number of aromatic amines is 1. The third-order valence-electron chi connectivity index (χ3n) is 4.59. The second kappa shape index (κ2) is 4.84. The molecule has 1 heterocycles. The Hall–Kier alpha value is -1.43. The van der Waals surface area contributed by atoms with E-state index in [1.165, 1.54) is 0 Å². The first-order valence-electron chi connectivity index (χ1n) is 7.19. The number of amides is 1. The minimum absolute atomic E-state index is 0.0191. The maximum absolute atomic E-state index is 12.3. The summed E-state index contributed by atoms with van der Waals surface area (Å²) in [5.41, 5.74) is 5.95. The zero-order valence-corrected chi connectivity index (χ0v) is 12.9. The number of carbonyl (C=O) groups is 1. The molecule has 2 rings (SSSR count). The van der Waals surface area contributed by atoms with E-state index in [1.54, 1.807) is 0 Å². The van der Waals surface area contributed by atoms with E-state index in [0.29, 0.717) is 0 Å². The lowest BCUT2D eigenvalue weighted by Crippen LogP contribution is -2.76. The highest BCUT2D eigenvalue weighted by atomic mass is 16.2. The minimum Gasteiger partial charge on any atom is -0.345 e. The van der Waals surface area contributed by atoms with Crippen LogP contribution in [0.5, 0.6) is 0 Å². The molecule has 1 aromatic heterocycles. The molecule has 0 radical (unpaired) electrons. The average molecular weight is 279 g/mol. The quantitative estimate of drug-likeness (QED) is 0.772. The maximum Gasteiger partial charge on any atom is 0.291 e. The molecule has 0 aliphatic heterocycles. The van der Waals surface area contributed by atoms with Gasteiger partial charge in [-0.3, -0.25) is 9.89 Å². The van der Waals surface area contributed by atoms with Crippen molar-refractivity contribution in [2.75, 3.05) is 0 Å². The Morgan fingerprint density at radius 3 is 2.50 bits per heavy atom. The van der Waals surface area contributed by atoms with Crippen LogP contribution in [0.4, 0.5) is 0 Å². The van der Waals surface area contributed by atoms with Crippen molar-refractivity contribution < 1.29 is 4.79 Å². The second-order valence-corrected chi connectivity index (χ2v) is 6.88. The Morgan fingerprint density at radius 2 is 1.95 bits per heavy atom. The first-order chi connectivity index (χ1) is 9.21. The summed E-state index contributed by atoms with van der Waals surface area (Å²) < 4.78 is 0. The summed E-state index contributed by atoms with van der Waals surface area (Å²) in [6, 6.07) is 0.0775. The van der Waals surface area contributed by atoms with Gasteiger partial charge in [-0.2, -0.15) is 0 Å². The summed E-state index contributed by atoms with van der Waals surface area (Å²) in [7, 11) is 0. The number of aryl methyl sites for hydroxylation is 1. The lowest BCUT2D eigenvalue weighted by molar-refractivity contribution is -0.0664. The normalized spacial score (nSPS) is 26.9. The summed E-state index contributed by atoms with van der Waals surface area (Å²) in [4.78, 5) is 16.5. The van der Waals surface area contributed by atoms with Crippen LogP contribution in [0.2, 0.25) is 0 Å². The van der Waals surface area contributed by atoms with Crippen molar-refractivity contribution in [1.82, 2.24) is 20.5 Å². The molecule has 20 heavy (non-hydrogen) atoms. The lowest BCUT2D eigenvalue weighted by atomic mass is 9.48. The molecule has 0 aromatic carbocycles. The van der Waals surface area contributed by atoms with E-state index < -0.39 is 0 Å². The molecule has 0 atom stereocenters. The molecule has 1 fully saturated rings. The summed E-state index contributed by atoms with van der Waals surface area (Å²) in [5.74, 6) is 0.726. The zero-order chi connectivity index (χ0) is 15.1. The van der Waals surface area contributed by atoms with E-state index >= 15 is 0 Å². The van der Waals surface area contributed by atoms with E-state index in [-0.39, 0.29) is 34.6 Å². The predicted octanol–water partition coefficient (Wildman–Crippen LogP) is 1.25. The van der Waals surface area contributed by atoms with Gasteiger partial charge in [-0.1, -0.05) is 34.6 Å². The van der Waals surface area contributed by atoms with Crippen molar-refractivity contribution in [1.29, 1.82) is 0 Å². The predicted molar refractivity (Wildman–Crippen MR) is 77.2 cm³/mol. The second-order valence-electron chi connectivity index (χ2n) is 6.88. The van der Waals surface area contributed by atoms with Gasteiger partial charge in [-0.25, -0.2) is 4.98 Å². The fraction of sp³-hybridized carbons (Fsp3) is 0.786. The topological polar surface area (TPSA) is 96.7 Å². The van der Waals surface area contributed by atoms with Gasteiger partial charge in [0.05, 0.1) is 0 Å². The third kappa shape index (κ3) is 2.22. The van der Waals surface area contributed by atoms with Gasteiger partial charge in [0.25, 0.3) is 5.91 Å². The van der Waals surface area contributed by atoms with Crippen LogP contribution in [0.3, 0.4) is 0 Å². The number of hydrogen-bond acceptors (Lipinski definition) is 4. The van der Waals surface area contributed by atoms with Crippen molar-refractivity contribution in [3.63, 3.8) is 0 Å². The Labute approximate surface area is 119 Å². The molecule has 1 aromatic rings. The van der Waals surface area contributed by atoms with Crippen LogP contribution in [0.1, 0.15) is 57.5 Å². The maximum atomic E-state index is 12.3. The van der Waals surface area contributed by atoms with Crippen molar-refractivity contribution >= 4 is 5.91 Å². The highest BCUT2D eigenvalue weighted by Gasteiger charge is 2.60. The number of carbonyl (C=O) groups excluding carboxylic acids is 1. The smallest absolute Gasteiger partial charge is 0.291 e. The first-order valence-corrected chi connectivity index (χ1v) is 7.19. The van der Waals surface area contributed by atoms with Crippen molar-refractivity contribution in [2.45, 2.75) is 59.5 Å². The lowest BCUT2D eigenvalue weighted by Gasteiger charge is -2.62. The molecule has 0 spiro atoms. The van der Waals surface area contributed by atoms with Crippen LogP contribution < -0.4 is 11.1 Å².